The number of esters is 3. The Kier molecular flexibility index (Phi) is 52.3. The number of allylic oxidation sites excluding steroid dienone is 10. The highest BCUT2D eigenvalue weighted by molar-refractivity contribution is 7.47. The average molecular weight is 1040 g/mol. The zero-order chi connectivity index (χ0) is 52.7. The molecule has 0 saturated carbocycles. The molecule has 3 atom stereocenters. The van der Waals surface area contributed by atoms with E-state index in [9.17, 15) is 28.9 Å². The monoisotopic (exact) mass is 1030 g/mol. The van der Waals surface area contributed by atoms with Gasteiger partial charge in [0.05, 0.1) is 19.8 Å². The van der Waals surface area contributed by atoms with Crippen molar-refractivity contribution in [1.29, 1.82) is 0 Å². The van der Waals surface area contributed by atoms with E-state index < -0.39 is 57.8 Å². The first-order chi connectivity index (χ1) is 35.2. The minimum Gasteiger partial charge on any atom is -0.462 e. The summed E-state index contributed by atoms with van der Waals surface area (Å²) in [5.74, 6) is -1.51. The van der Waals surface area contributed by atoms with Crippen LogP contribution >= 0.6 is 7.82 Å². The number of hydrogen-bond donors (Lipinski definition) is 2. The highest BCUT2D eigenvalue weighted by Gasteiger charge is 2.28. The first kappa shape index (κ1) is 69.2. The Labute approximate surface area is 440 Å². The molecule has 0 aliphatic carbocycles. The molecule has 12 heteroatoms. The summed E-state index contributed by atoms with van der Waals surface area (Å²) in [4.78, 5) is 48.5. The van der Waals surface area contributed by atoms with Crippen molar-refractivity contribution in [3.63, 3.8) is 0 Å². The molecule has 0 aromatic rings. The zero-order valence-electron chi connectivity index (χ0n) is 46.1. The summed E-state index contributed by atoms with van der Waals surface area (Å²) in [6.07, 6.45) is 59.0. The molecule has 0 heterocycles. The van der Waals surface area contributed by atoms with Crippen LogP contribution in [0.5, 0.6) is 0 Å². The van der Waals surface area contributed by atoms with Crippen molar-refractivity contribution in [3.05, 3.63) is 60.8 Å². The van der Waals surface area contributed by atoms with Gasteiger partial charge in [0.15, 0.2) is 6.10 Å². The topological polar surface area (TPSA) is 155 Å². The van der Waals surface area contributed by atoms with E-state index in [-0.39, 0.29) is 25.9 Å². The van der Waals surface area contributed by atoms with E-state index in [0.717, 1.165) is 83.5 Å². The molecule has 418 valence electrons. The molecule has 2 N–H and O–H groups in total. The van der Waals surface area contributed by atoms with Crippen molar-refractivity contribution in [2.75, 3.05) is 26.4 Å². The lowest BCUT2D eigenvalue weighted by molar-refractivity contribution is -0.161. The normalized spacial score (nSPS) is 13.8. The largest absolute Gasteiger partial charge is 0.472 e. The number of aliphatic hydroxyl groups excluding tert-OH is 1. The van der Waals surface area contributed by atoms with Crippen molar-refractivity contribution < 1.29 is 52.2 Å². The van der Waals surface area contributed by atoms with Crippen molar-refractivity contribution in [3.8, 4) is 0 Å². The van der Waals surface area contributed by atoms with Crippen LogP contribution in [0, 0.1) is 0 Å². The first-order valence-electron chi connectivity index (χ1n) is 29.2. The van der Waals surface area contributed by atoms with Crippen LogP contribution in [0.1, 0.15) is 265 Å². The molecule has 0 fully saturated rings. The molecular formula is C60H107O11P. The molecule has 0 spiro atoms. The van der Waals surface area contributed by atoms with Crippen LogP contribution in [-0.2, 0) is 42.2 Å². The van der Waals surface area contributed by atoms with E-state index in [0.29, 0.717) is 19.3 Å². The maximum Gasteiger partial charge on any atom is 0.472 e. The number of carbonyl (C=O) groups excluding carboxylic acids is 3. The van der Waals surface area contributed by atoms with E-state index in [1.807, 2.05) is 0 Å². The van der Waals surface area contributed by atoms with Crippen molar-refractivity contribution in [2.24, 2.45) is 0 Å². The molecule has 72 heavy (non-hydrogen) atoms. The van der Waals surface area contributed by atoms with Gasteiger partial charge in [-0.2, -0.15) is 0 Å². The predicted molar refractivity (Wildman–Crippen MR) is 298 cm³/mol. The molecule has 0 bridgehead atoms. The number of phosphoric acid groups is 1. The second kappa shape index (κ2) is 54.4. The van der Waals surface area contributed by atoms with Crippen LogP contribution in [0.2, 0.25) is 0 Å². The highest BCUT2D eigenvalue weighted by Crippen LogP contribution is 2.43. The third-order valence-electron chi connectivity index (χ3n) is 12.4. The molecule has 0 radical (unpaired) electrons. The quantitative estimate of drug-likeness (QED) is 0.0197. The predicted octanol–water partition coefficient (Wildman–Crippen LogP) is 17.1. The van der Waals surface area contributed by atoms with Gasteiger partial charge in [-0.1, -0.05) is 223 Å². The molecular weight excluding hydrogens is 928 g/mol. The minimum atomic E-state index is -4.76. The zero-order valence-corrected chi connectivity index (χ0v) is 47.0. The number of aliphatic hydroxyl groups is 1. The van der Waals surface area contributed by atoms with E-state index in [4.69, 9.17) is 23.3 Å². The van der Waals surface area contributed by atoms with Crippen molar-refractivity contribution >= 4 is 25.7 Å². The fraction of sp³-hybridized carbons (Fsp3) is 0.783. The molecule has 0 aromatic heterocycles. The van der Waals surface area contributed by atoms with Crippen LogP contribution in [0.4, 0.5) is 0 Å². The Balaban J connectivity index is 4.76. The van der Waals surface area contributed by atoms with Gasteiger partial charge in [-0.25, -0.2) is 4.57 Å². The lowest BCUT2D eigenvalue weighted by Crippen LogP contribution is -2.30. The van der Waals surface area contributed by atoms with Gasteiger partial charge in [0.25, 0.3) is 0 Å². The fourth-order valence-electron chi connectivity index (χ4n) is 7.99. The lowest BCUT2D eigenvalue weighted by Gasteiger charge is -2.21. The van der Waals surface area contributed by atoms with E-state index in [1.165, 1.54) is 122 Å². The number of hydrogen-bond acceptors (Lipinski definition) is 10. The SMILES string of the molecule is CC/C=C\C/C=C\C/C=C\C/C=C\CCCCC(=O)OC(COC(=O)CCCCCCCCC/C=C\CCCCCCCC)COP(=O)(O)OCC(CO)OC(=O)CCCCCCCCCCCCCCC. The fourth-order valence-corrected chi connectivity index (χ4v) is 8.77. The minimum absolute atomic E-state index is 0.115. The maximum absolute atomic E-state index is 12.9. The summed E-state index contributed by atoms with van der Waals surface area (Å²) in [5, 5.41) is 9.81. The highest BCUT2D eigenvalue weighted by atomic mass is 31.2. The summed E-state index contributed by atoms with van der Waals surface area (Å²) in [6, 6.07) is 0. The second-order valence-corrected chi connectivity index (χ2v) is 20.9. The Bertz CT molecular complexity index is 1440. The van der Waals surface area contributed by atoms with Crippen LogP contribution < -0.4 is 0 Å². The van der Waals surface area contributed by atoms with Gasteiger partial charge in [-0.3, -0.25) is 23.4 Å². The van der Waals surface area contributed by atoms with E-state index in [1.54, 1.807) is 0 Å². The van der Waals surface area contributed by atoms with E-state index in [2.05, 4.69) is 81.5 Å². The number of ether oxygens (including phenoxy) is 3. The third-order valence-corrected chi connectivity index (χ3v) is 13.4. The van der Waals surface area contributed by atoms with Crippen LogP contribution in [-0.4, -0.2) is 66.5 Å². The van der Waals surface area contributed by atoms with Gasteiger partial charge in [0.1, 0.15) is 12.7 Å². The molecule has 0 rings (SSSR count). The summed E-state index contributed by atoms with van der Waals surface area (Å²) in [7, 11) is -4.76. The van der Waals surface area contributed by atoms with E-state index >= 15 is 0 Å². The van der Waals surface area contributed by atoms with Crippen LogP contribution in [0.3, 0.4) is 0 Å². The number of carbonyl (C=O) groups is 3. The summed E-state index contributed by atoms with van der Waals surface area (Å²) in [5.41, 5.74) is 0. The van der Waals surface area contributed by atoms with Crippen LogP contribution in [0.25, 0.3) is 0 Å². The molecule has 0 aliphatic heterocycles. The molecule has 0 aliphatic rings. The Morgan fingerprint density at radius 3 is 1.15 bits per heavy atom. The Hall–Kier alpha value is -2.82. The second-order valence-electron chi connectivity index (χ2n) is 19.4. The summed E-state index contributed by atoms with van der Waals surface area (Å²) >= 11 is 0. The number of unbranched alkanes of at least 4 members (excludes halogenated alkanes) is 27. The molecule has 3 unspecified atom stereocenters. The maximum atomic E-state index is 12.9. The van der Waals surface area contributed by atoms with Gasteiger partial charge in [-0.15, -0.1) is 0 Å². The molecule has 0 aromatic carbocycles. The van der Waals surface area contributed by atoms with Crippen molar-refractivity contribution in [2.45, 2.75) is 277 Å². The van der Waals surface area contributed by atoms with Gasteiger partial charge in [0.2, 0.25) is 0 Å². The molecule has 0 saturated heterocycles. The van der Waals surface area contributed by atoms with Crippen LogP contribution in [0.15, 0.2) is 60.8 Å². The van der Waals surface area contributed by atoms with Gasteiger partial charge in [-0.05, 0) is 83.5 Å². The van der Waals surface area contributed by atoms with Gasteiger partial charge in [0, 0.05) is 19.3 Å². The third kappa shape index (κ3) is 52.1. The molecule has 11 nitrogen and oxygen atoms in total. The Morgan fingerprint density at radius 2 is 0.722 bits per heavy atom. The summed E-state index contributed by atoms with van der Waals surface area (Å²) < 4.78 is 39.5. The smallest absolute Gasteiger partial charge is 0.462 e. The number of phosphoric ester groups is 1. The lowest BCUT2D eigenvalue weighted by atomic mass is 10.0. The summed E-state index contributed by atoms with van der Waals surface area (Å²) in [6.45, 7) is 4.50. The van der Waals surface area contributed by atoms with Crippen molar-refractivity contribution in [1.82, 2.24) is 0 Å². The molecule has 0 amide bonds. The number of rotatable bonds is 54. The van der Waals surface area contributed by atoms with Gasteiger partial charge < -0.3 is 24.2 Å². The first-order valence-corrected chi connectivity index (χ1v) is 30.7. The Morgan fingerprint density at radius 1 is 0.403 bits per heavy atom. The average Bonchev–Trinajstić information content (AvgIpc) is 3.37. The standard InChI is InChI=1S/C60H107O11P/c1-4-7-10-13-16-19-22-25-27-28-30-32-34-37-40-43-46-49-58(62)67-53-57(71-60(64)51-48-45-42-39-36-33-29-26-23-20-17-14-11-8-5-2)55-69-72(65,66)68-54-56(52-61)70-59(63)50-47-44-41-38-35-31-24-21-18-15-12-9-6-3/h8,11,17,20,25-27,29,36,39,56-57,61H,4-7,9-10,12-16,18-19,21-24,28,30-35,37-38,40-55H2,1-3H3,(H,65,66)/b11-8-,20-17-,27-25-,29-26-,39-36-. The van der Waals surface area contributed by atoms with Gasteiger partial charge >= 0.3 is 25.7 Å².